The Morgan fingerprint density at radius 1 is 1.42 bits per heavy atom. The molecule has 1 fully saturated rings. The van der Waals surface area contributed by atoms with E-state index in [2.05, 4.69) is 41.8 Å². The summed E-state index contributed by atoms with van der Waals surface area (Å²) in [5.74, 6) is 1.43. The molecule has 0 saturated heterocycles. The average molecular weight is 367 g/mol. The van der Waals surface area contributed by atoms with E-state index in [-0.39, 0.29) is 0 Å². The predicted molar refractivity (Wildman–Crippen MR) is 110 cm³/mol. The van der Waals surface area contributed by atoms with Crippen molar-refractivity contribution in [2.45, 2.75) is 13.3 Å². The van der Waals surface area contributed by atoms with Crippen LogP contribution in [0.15, 0.2) is 70.6 Å². The van der Waals surface area contributed by atoms with E-state index in [0.29, 0.717) is 11.6 Å². The third-order valence-corrected chi connectivity index (χ3v) is 5.20. The average Bonchev–Trinajstić information content (AvgIpc) is 3.33. The highest BCUT2D eigenvalue weighted by atomic mass is 32.2. The third kappa shape index (κ3) is 3.88. The lowest BCUT2D eigenvalue weighted by Gasteiger charge is -2.15. The van der Waals surface area contributed by atoms with Gasteiger partial charge in [0.25, 0.3) is 0 Å². The molecule has 134 valence electrons. The fourth-order valence-corrected chi connectivity index (χ4v) is 3.49. The first-order chi connectivity index (χ1) is 12.5. The Morgan fingerprint density at radius 2 is 2.19 bits per heavy atom. The molecule has 0 bridgehead atoms. The molecule has 2 unspecified atom stereocenters. The summed E-state index contributed by atoms with van der Waals surface area (Å²) >= 11 is 1.41. The second kappa shape index (κ2) is 7.87. The van der Waals surface area contributed by atoms with Gasteiger partial charge in [-0.3, -0.25) is 5.41 Å². The minimum absolute atomic E-state index is 0.658. The first kappa shape index (κ1) is 18.4. The van der Waals surface area contributed by atoms with Crippen molar-refractivity contribution in [3.63, 3.8) is 0 Å². The Labute approximate surface area is 159 Å². The zero-order valence-electron chi connectivity index (χ0n) is 15.5. The van der Waals surface area contributed by atoms with Gasteiger partial charge in [0.05, 0.1) is 5.57 Å². The molecule has 0 aromatic carbocycles. The second-order valence-electron chi connectivity index (χ2n) is 6.81. The van der Waals surface area contributed by atoms with Crippen LogP contribution in [0, 0.1) is 11.8 Å². The lowest BCUT2D eigenvalue weighted by atomic mass is 9.87. The van der Waals surface area contributed by atoms with Crippen molar-refractivity contribution in [1.82, 2.24) is 0 Å². The Kier molecular flexibility index (Phi) is 5.57. The molecule has 2 aliphatic rings. The lowest BCUT2D eigenvalue weighted by Crippen LogP contribution is -2.47. The number of aryl methyl sites for hydroxylation is 1. The molecule has 0 radical (unpaired) electrons. The molecule has 1 saturated carbocycles. The van der Waals surface area contributed by atoms with Crippen molar-refractivity contribution < 1.29 is 9.98 Å². The van der Waals surface area contributed by atoms with Gasteiger partial charge in [0.15, 0.2) is 18.1 Å². The highest BCUT2D eigenvalue weighted by Crippen LogP contribution is 2.39. The maximum Gasteiger partial charge on any atom is 0.231 e. The molecule has 0 amide bonds. The standard InChI is InChI=1S/C21H25N4S/c1-14-11-15(14)6-7-16(12-22)18-8-9-19(21(20(18)23)24-26-3)17-5-4-10-25(2)13-17/h4-10,12-15,23H,11,22H2,1-3H3/q+1/p+1. The Morgan fingerprint density at radius 3 is 2.81 bits per heavy atom. The number of aromatic nitrogens is 1. The van der Waals surface area contributed by atoms with Crippen LogP contribution in [-0.2, 0) is 7.05 Å². The minimum atomic E-state index is 0.658. The van der Waals surface area contributed by atoms with Crippen LogP contribution in [-0.4, -0.2) is 17.7 Å². The minimum Gasteiger partial charge on any atom is -0.404 e. The van der Waals surface area contributed by atoms with Gasteiger partial charge in [-0.25, -0.2) is 8.96 Å². The highest BCUT2D eigenvalue weighted by Gasteiger charge is 2.31. The number of allylic oxidation sites excluding steroid dienone is 7. The summed E-state index contributed by atoms with van der Waals surface area (Å²) in [6.07, 6.45) is 17.3. The van der Waals surface area contributed by atoms with Crippen molar-refractivity contribution in [3.8, 4) is 0 Å². The van der Waals surface area contributed by atoms with Crippen LogP contribution in [0.1, 0.15) is 18.9 Å². The van der Waals surface area contributed by atoms with Gasteiger partial charge in [-0.1, -0.05) is 25.2 Å². The van der Waals surface area contributed by atoms with Crippen LogP contribution < -0.4 is 15.7 Å². The van der Waals surface area contributed by atoms with Crippen LogP contribution in [0.25, 0.3) is 5.57 Å². The van der Waals surface area contributed by atoms with Gasteiger partial charge in [-0.15, -0.1) is 0 Å². The zero-order chi connectivity index (χ0) is 18.7. The van der Waals surface area contributed by atoms with E-state index in [9.17, 15) is 0 Å². The van der Waals surface area contributed by atoms with Gasteiger partial charge in [0, 0.05) is 35.2 Å². The van der Waals surface area contributed by atoms with Gasteiger partial charge in [0.2, 0.25) is 5.71 Å². The van der Waals surface area contributed by atoms with E-state index in [4.69, 9.17) is 11.1 Å². The van der Waals surface area contributed by atoms with Crippen molar-refractivity contribution >= 4 is 28.9 Å². The summed E-state index contributed by atoms with van der Waals surface area (Å²) in [6, 6.07) is 4.09. The fourth-order valence-electron chi connectivity index (χ4n) is 3.11. The van der Waals surface area contributed by atoms with E-state index < -0.39 is 0 Å². The summed E-state index contributed by atoms with van der Waals surface area (Å²) in [4.78, 5) is 0. The first-order valence-corrected chi connectivity index (χ1v) is 9.96. The Balaban J connectivity index is 1.98. The quantitative estimate of drug-likeness (QED) is 0.361. The van der Waals surface area contributed by atoms with Gasteiger partial charge < -0.3 is 5.73 Å². The number of nitrogens with zero attached hydrogens (tertiary/aromatic N) is 2. The van der Waals surface area contributed by atoms with Crippen molar-refractivity contribution in [1.29, 1.82) is 0 Å². The van der Waals surface area contributed by atoms with E-state index in [1.807, 2.05) is 36.2 Å². The number of hydrogen-bond donors (Lipinski definition) is 2. The van der Waals surface area contributed by atoms with Gasteiger partial charge in [-0.2, -0.15) is 0 Å². The summed E-state index contributed by atoms with van der Waals surface area (Å²) < 4.78 is 6.62. The Bertz CT molecular complexity index is 874. The summed E-state index contributed by atoms with van der Waals surface area (Å²) in [7, 11) is 2.01. The maximum absolute atomic E-state index is 6.53. The molecule has 4 N–H and O–H groups in total. The van der Waals surface area contributed by atoms with E-state index in [1.165, 1.54) is 18.4 Å². The van der Waals surface area contributed by atoms with Crippen LogP contribution in [0.2, 0.25) is 0 Å². The molecule has 4 nitrogen and oxygen atoms in total. The van der Waals surface area contributed by atoms with E-state index in [1.54, 1.807) is 6.20 Å². The number of rotatable bonds is 5. The summed E-state index contributed by atoms with van der Waals surface area (Å²) in [5.41, 5.74) is 11.3. The zero-order valence-corrected chi connectivity index (χ0v) is 16.3. The lowest BCUT2D eigenvalue weighted by molar-refractivity contribution is -0.671. The molecular weight excluding hydrogens is 340 g/mol. The van der Waals surface area contributed by atoms with Crippen molar-refractivity contribution in [3.05, 3.63) is 71.7 Å². The van der Waals surface area contributed by atoms with Crippen LogP contribution in [0.5, 0.6) is 0 Å². The predicted octanol–water partition coefficient (Wildman–Crippen LogP) is 1.81. The monoisotopic (exact) mass is 366 g/mol. The number of pyridine rings is 1. The van der Waals surface area contributed by atoms with Gasteiger partial charge in [0.1, 0.15) is 7.05 Å². The molecule has 1 aromatic heterocycles. The van der Waals surface area contributed by atoms with Crippen molar-refractivity contribution in [2.24, 2.45) is 29.0 Å². The molecule has 2 aliphatic carbocycles. The number of nitrogens with two attached hydrogens (primary N) is 2. The van der Waals surface area contributed by atoms with Crippen molar-refractivity contribution in [2.75, 3.05) is 6.26 Å². The normalized spacial score (nSPS) is 24.8. The molecule has 0 aliphatic heterocycles. The molecule has 26 heavy (non-hydrogen) atoms. The van der Waals surface area contributed by atoms with Gasteiger partial charge in [-0.05, 0) is 42.3 Å². The number of hydrogen-bond acceptors (Lipinski definition) is 3. The topological polar surface area (TPSA) is 67.8 Å². The van der Waals surface area contributed by atoms with Crippen LogP contribution in [0.4, 0.5) is 0 Å². The SMILES string of the molecule is CSN=C1C(=[NH2+])C(C(C=CC2CC2C)=CN)=CC=C1c1ccc[n+](C)c1. The maximum atomic E-state index is 6.53. The molecule has 1 aromatic rings. The highest BCUT2D eigenvalue weighted by molar-refractivity contribution is 7.97. The summed E-state index contributed by atoms with van der Waals surface area (Å²) in [6.45, 7) is 2.26. The first-order valence-electron chi connectivity index (χ1n) is 8.78. The Hall–Kier alpha value is -2.40. The molecule has 5 heteroatoms. The molecule has 0 spiro atoms. The molecule has 1 heterocycles. The smallest absolute Gasteiger partial charge is 0.231 e. The van der Waals surface area contributed by atoms with Gasteiger partial charge >= 0.3 is 0 Å². The van der Waals surface area contributed by atoms with Crippen LogP contribution >= 0.6 is 11.9 Å². The molecule has 3 rings (SSSR count). The van der Waals surface area contributed by atoms with E-state index >= 15 is 0 Å². The van der Waals surface area contributed by atoms with E-state index in [0.717, 1.165) is 33.9 Å². The summed E-state index contributed by atoms with van der Waals surface area (Å²) in [5, 5.41) is 6.53. The molecular formula is C21H26N4S+2. The van der Waals surface area contributed by atoms with Crippen LogP contribution in [0.3, 0.4) is 0 Å². The fraction of sp³-hybridized carbons (Fsp3) is 0.286. The third-order valence-electron chi connectivity index (χ3n) is 4.84. The second-order valence-corrected chi connectivity index (χ2v) is 7.36. The molecule has 2 atom stereocenters. The largest absolute Gasteiger partial charge is 0.404 e.